The van der Waals surface area contributed by atoms with E-state index >= 15 is 0 Å². The Morgan fingerprint density at radius 3 is 2.62 bits per heavy atom. The summed E-state index contributed by atoms with van der Waals surface area (Å²) in [5, 5.41) is 2.77. The van der Waals surface area contributed by atoms with Crippen molar-refractivity contribution in [3.05, 3.63) is 40.8 Å². The van der Waals surface area contributed by atoms with E-state index in [2.05, 4.69) is 15.3 Å². The molecular weight excluding hydrogens is 333 g/mol. The van der Waals surface area contributed by atoms with Crippen molar-refractivity contribution in [1.82, 2.24) is 9.97 Å². The maximum Gasteiger partial charge on any atom is 0.224 e. The Hall–Kier alpha value is -1.37. The standard InChI is InChI=1S/C13H13Cl2N3O2S/c1-8(2)21(19,20)10-5-3-4-9(6-10)17-12-11(14)7-16-13(15)18-12/h3-8H,1-2H3,(H,16,17,18). The molecule has 1 aromatic heterocycles. The van der Waals surface area contributed by atoms with Gasteiger partial charge in [-0.25, -0.2) is 13.4 Å². The van der Waals surface area contributed by atoms with Crippen molar-refractivity contribution in [3.63, 3.8) is 0 Å². The zero-order valence-corrected chi connectivity index (χ0v) is 13.7. The first kappa shape index (κ1) is 16.0. The van der Waals surface area contributed by atoms with Gasteiger partial charge in [0.25, 0.3) is 0 Å². The number of hydrogen-bond donors (Lipinski definition) is 1. The van der Waals surface area contributed by atoms with Gasteiger partial charge in [0.05, 0.1) is 16.3 Å². The molecule has 5 nitrogen and oxygen atoms in total. The van der Waals surface area contributed by atoms with Crippen molar-refractivity contribution in [3.8, 4) is 0 Å². The van der Waals surface area contributed by atoms with E-state index < -0.39 is 15.1 Å². The van der Waals surface area contributed by atoms with Crippen LogP contribution in [0.1, 0.15) is 13.8 Å². The number of hydrogen-bond acceptors (Lipinski definition) is 5. The van der Waals surface area contributed by atoms with Gasteiger partial charge in [0.15, 0.2) is 15.7 Å². The normalized spacial score (nSPS) is 11.7. The van der Waals surface area contributed by atoms with E-state index in [0.717, 1.165) is 0 Å². The first-order valence-electron chi connectivity index (χ1n) is 6.09. The van der Waals surface area contributed by atoms with E-state index in [0.29, 0.717) is 11.5 Å². The highest BCUT2D eigenvalue weighted by molar-refractivity contribution is 7.92. The predicted molar refractivity (Wildman–Crippen MR) is 84.1 cm³/mol. The summed E-state index contributed by atoms with van der Waals surface area (Å²) < 4.78 is 24.3. The zero-order valence-electron chi connectivity index (χ0n) is 11.3. The molecule has 0 amide bonds. The molecule has 0 atom stereocenters. The summed E-state index contributed by atoms with van der Waals surface area (Å²) in [4.78, 5) is 7.94. The second-order valence-electron chi connectivity index (χ2n) is 4.58. The van der Waals surface area contributed by atoms with Crippen LogP contribution in [0.4, 0.5) is 11.5 Å². The number of sulfone groups is 1. The number of anilines is 2. The Balaban J connectivity index is 2.37. The molecule has 1 aromatic carbocycles. The summed E-state index contributed by atoms with van der Waals surface area (Å²) in [6.07, 6.45) is 1.37. The van der Waals surface area contributed by atoms with Crippen molar-refractivity contribution >= 4 is 44.5 Å². The molecule has 1 heterocycles. The number of benzene rings is 1. The zero-order chi connectivity index (χ0) is 15.6. The van der Waals surface area contributed by atoms with Gasteiger partial charge in [-0.05, 0) is 43.6 Å². The Kier molecular flexibility index (Phi) is 4.70. The summed E-state index contributed by atoms with van der Waals surface area (Å²) in [5.41, 5.74) is 0.549. The highest BCUT2D eigenvalue weighted by Gasteiger charge is 2.19. The molecular formula is C13H13Cl2N3O2S. The van der Waals surface area contributed by atoms with E-state index in [4.69, 9.17) is 23.2 Å². The van der Waals surface area contributed by atoms with E-state index in [9.17, 15) is 8.42 Å². The molecule has 0 saturated heterocycles. The van der Waals surface area contributed by atoms with Crippen molar-refractivity contribution in [2.75, 3.05) is 5.32 Å². The van der Waals surface area contributed by atoms with E-state index in [1.165, 1.54) is 12.3 Å². The largest absolute Gasteiger partial charge is 0.339 e. The van der Waals surface area contributed by atoms with Crippen LogP contribution in [0.2, 0.25) is 10.3 Å². The molecule has 0 spiro atoms. The first-order valence-corrected chi connectivity index (χ1v) is 8.40. The summed E-state index contributed by atoms with van der Waals surface area (Å²) >= 11 is 11.7. The summed E-state index contributed by atoms with van der Waals surface area (Å²) in [6.45, 7) is 3.27. The molecule has 0 radical (unpaired) electrons. The van der Waals surface area contributed by atoms with Crippen LogP contribution >= 0.6 is 23.2 Å². The number of halogens is 2. The van der Waals surface area contributed by atoms with Gasteiger partial charge in [-0.3, -0.25) is 0 Å². The van der Waals surface area contributed by atoms with Crippen molar-refractivity contribution < 1.29 is 8.42 Å². The van der Waals surface area contributed by atoms with Crippen LogP contribution in [0.5, 0.6) is 0 Å². The molecule has 0 aliphatic rings. The molecule has 112 valence electrons. The monoisotopic (exact) mass is 345 g/mol. The highest BCUT2D eigenvalue weighted by atomic mass is 35.5. The van der Waals surface area contributed by atoms with Crippen molar-refractivity contribution in [2.24, 2.45) is 0 Å². The van der Waals surface area contributed by atoms with Crippen LogP contribution < -0.4 is 5.32 Å². The molecule has 0 saturated carbocycles. The van der Waals surface area contributed by atoms with Gasteiger partial charge in [0.2, 0.25) is 5.28 Å². The number of nitrogens with zero attached hydrogens (tertiary/aromatic N) is 2. The fraction of sp³-hybridized carbons (Fsp3) is 0.231. The third-order valence-electron chi connectivity index (χ3n) is 2.76. The minimum absolute atomic E-state index is 0.0489. The minimum Gasteiger partial charge on any atom is -0.339 e. The van der Waals surface area contributed by atoms with E-state index in [1.807, 2.05) is 0 Å². The van der Waals surface area contributed by atoms with Crippen LogP contribution in [-0.4, -0.2) is 23.6 Å². The molecule has 2 rings (SSSR count). The van der Waals surface area contributed by atoms with Gasteiger partial charge in [-0.1, -0.05) is 17.7 Å². The average molecular weight is 346 g/mol. The lowest BCUT2D eigenvalue weighted by molar-refractivity contribution is 0.587. The SMILES string of the molecule is CC(C)S(=O)(=O)c1cccc(Nc2nc(Cl)ncc2Cl)c1. The quantitative estimate of drug-likeness (QED) is 0.855. The van der Waals surface area contributed by atoms with Crippen LogP contribution in [0.15, 0.2) is 35.4 Å². The minimum atomic E-state index is -3.34. The smallest absolute Gasteiger partial charge is 0.224 e. The molecule has 8 heteroatoms. The predicted octanol–water partition coefficient (Wildman–Crippen LogP) is 3.71. The molecule has 0 aliphatic carbocycles. The maximum atomic E-state index is 12.2. The van der Waals surface area contributed by atoms with Crippen molar-refractivity contribution in [1.29, 1.82) is 0 Å². The first-order chi connectivity index (χ1) is 9.80. The molecule has 0 unspecified atom stereocenters. The van der Waals surface area contributed by atoms with Crippen LogP contribution in [0.3, 0.4) is 0 Å². The van der Waals surface area contributed by atoms with Crippen LogP contribution in [0, 0.1) is 0 Å². The molecule has 0 bridgehead atoms. The van der Waals surface area contributed by atoms with Gasteiger partial charge < -0.3 is 5.32 Å². The number of nitrogens with one attached hydrogen (secondary N) is 1. The van der Waals surface area contributed by atoms with Gasteiger partial charge in [-0.2, -0.15) is 4.98 Å². The Morgan fingerprint density at radius 2 is 1.95 bits per heavy atom. The molecule has 2 aromatic rings. The van der Waals surface area contributed by atoms with Gasteiger partial charge in [-0.15, -0.1) is 0 Å². The Morgan fingerprint density at radius 1 is 1.24 bits per heavy atom. The van der Waals surface area contributed by atoms with Gasteiger partial charge in [0, 0.05) is 5.69 Å². The maximum absolute atomic E-state index is 12.2. The summed E-state index contributed by atoms with van der Waals surface area (Å²) in [6, 6.07) is 6.44. The lowest BCUT2D eigenvalue weighted by Crippen LogP contribution is -2.14. The molecule has 21 heavy (non-hydrogen) atoms. The van der Waals surface area contributed by atoms with Gasteiger partial charge in [0.1, 0.15) is 5.02 Å². The van der Waals surface area contributed by atoms with E-state index in [1.54, 1.807) is 32.0 Å². The summed E-state index contributed by atoms with van der Waals surface area (Å²) in [7, 11) is -3.34. The van der Waals surface area contributed by atoms with Crippen LogP contribution in [0.25, 0.3) is 0 Å². The molecule has 0 fully saturated rings. The highest BCUT2D eigenvalue weighted by Crippen LogP contribution is 2.26. The van der Waals surface area contributed by atoms with Crippen molar-refractivity contribution in [2.45, 2.75) is 24.0 Å². The number of rotatable bonds is 4. The topological polar surface area (TPSA) is 72.0 Å². The Labute approximate surface area is 133 Å². The second kappa shape index (κ2) is 6.17. The van der Waals surface area contributed by atoms with Crippen LogP contribution in [-0.2, 0) is 9.84 Å². The Bertz CT molecular complexity index is 764. The third-order valence-corrected chi connectivity index (χ3v) is 5.37. The second-order valence-corrected chi connectivity index (χ2v) is 7.83. The fourth-order valence-electron chi connectivity index (χ4n) is 1.59. The third kappa shape index (κ3) is 3.64. The lowest BCUT2D eigenvalue weighted by Gasteiger charge is -2.11. The fourth-order valence-corrected chi connectivity index (χ4v) is 2.97. The molecule has 1 N–H and O–H groups in total. The van der Waals surface area contributed by atoms with E-state index in [-0.39, 0.29) is 15.2 Å². The van der Waals surface area contributed by atoms with Gasteiger partial charge >= 0.3 is 0 Å². The summed E-state index contributed by atoms with van der Waals surface area (Å²) in [5.74, 6) is 0.316. The lowest BCUT2D eigenvalue weighted by atomic mass is 10.3. The average Bonchev–Trinajstić information content (AvgIpc) is 2.43. The number of aromatic nitrogens is 2. The molecule has 0 aliphatic heterocycles.